The number of carbonyl (C=O) groups is 2. The molecule has 1 aromatic heterocycles. The van der Waals surface area contributed by atoms with Crippen molar-refractivity contribution in [3.05, 3.63) is 35.5 Å². The zero-order valence-corrected chi connectivity index (χ0v) is 9.42. The van der Waals surface area contributed by atoms with E-state index in [1.54, 1.807) is 0 Å². The van der Waals surface area contributed by atoms with E-state index in [1.165, 1.54) is 19.2 Å². The van der Waals surface area contributed by atoms with Crippen molar-refractivity contribution in [3.8, 4) is 0 Å². The Morgan fingerprint density at radius 1 is 1.39 bits per heavy atom. The van der Waals surface area contributed by atoms with Gasteiger partial charge in [0, 0.05) is 11.6 Å². The first-order valence-electron chi connectivity index (χ1n) is 5.22. The molecular weight excluding hydrogens is 244 g/mol. The van der Waals surface area contributed by atoms with Gasteiger partial charge in [0.05, 0.1) is 12.1 Å². The molecule has 2 aromatic rings. The second-order valence-corrected chi connectivity index (χ2v) is 3.54. The number of esters is 1. The Balaban J connectivity index is 2.56. The first kappa shape index (κ1) is 12.2. The predicted octanol–water partition coefficient (Wildman–Crippen LogP) is 2.19. The van der Waals surface area contributed by atoms with Crippen molar-refractivity contribution >= 4 is 22.7 Å². The maximum atomic E-state index is 13.9. The number of aromatic amines is 1. The van der Waals surface area contributed by atoms with Crippen molar-refractivity contribution in [2.45, 2.75) is 6.92 Å². The zero-order chi connectivity index (χ0) is 13.3. The third kappa shape index (κ3) is 1.85. The summed E-state index contributed by atoms with van der Waals surface area (Å²) in [5.74, 6) is -4.78. The Morgan fingerprint density at radius 2 is 2.11 bits per heavy atom. The summed E-state index contributed by atoms with van der Waals surface area (Å²) >= 11 is 0. The molecular formula is C12H9F2NO3. The highest BCUT2D eigenvalue weighted by molar-refractivity contribution is 6.41. The number of nitrogens with one attached hydrogen (secondary N) is 1. The molecule has 0 aliphatic heterocycles. The van der Waals surface area contributed by atoms with Gasteiger partial charge in [-0.15, -0.1) is 0 Å². The molecule has 18 heavy (non-hydrogen) atoms. The van der Waals surface area contributed by atoms with Crippen LogP contribution in [0, 0.1) is 11.6 Å². The van der Waals surface area contributed by atoms with Crippen LogP contribution in [0.4, 0.5) is 8.78 Å². The van der Waals surface area contributed by atoms with Gasteiger partial charge in [-0.05, 0) is 19.1 Å². The van der Waals surface area contributed by atoms with E-state index in [0.717, 1.165) is 6.07 Å². The van der Waals surface area contributed by atoms with E-state index in [0.29, 0.717) is 0 Å². The second kappa shape index (κ2) is 4.56. The fourth-order valence-electron chi connectivity index (χ4n) is 1.64. The molecule has 0 aliphatic carbocycles. The Kier molecular flexibility index (Phi) is 3.10. The minimum Gasteiger partial charge on any atom is -0.460 e. The van der Waals surface area contributed by atoms with E-state index < -0.39 is 29.0 Å². The quantitative estimate of drug-likeness (QED) is 0.518. The summed E-state index contributed by atoms with van der Waals surface area (Å²) < 4.78 is 32.0. The minimum atomic E-state index is -1.33. The number of aromatic nitrogens is 1. The van der Waals surface area contributed by atoms with Crippen LogP contribution in [-0.4, -0.2) is 23.3 Å². The van der Waals surface area contributed by atoms with Crippen molar-refractivity contribution in [2.24, 2.45) is 0 Å². The first-order chi connectivity index (χ1) is 8.56. The molecule has 0 spiro atoms. The van der Waals surface area contributed by atoms with E-state index in [9.17, 15) is 18.4 Å². The van der Waals surface area contributed by atoms with E-state index >= 15 is 0 Å². The normalized spacial score (nSPS) is 10.6. The molecule has 0 unspecified atom stereocenters. The van der Waals surface area contributed by atoms with Crippen molar-refractivity contribution in [1.82, 2.24) is 4.98 Å². The molecule has 1 N–H and O–H groups in total. The zero-order valence-electron chi connectivity index (χ0n) is 9.42. The lowest BCUT2D eigenvalue weighted by Gasteiger charge is -2.05. The maximum absolute atomic E-state index is 13.9. The van der Waals surface area contributed by atoms with Gasteiger partial charge in [-0.2, -0.15) is 0 Å². The summed E-state index contributed by atoms with van der Waals surface area (Å²) in [6, 6.07) is 2.45. The average Bonchev–Trinajstić information content (AvgIpc) is 2.77. The molecule has 1 aromatic carbocycles. The Bertz CT molecular complexity index is 634. The fraction of sp³-hybridized carbons (Fsp3) is 0.167. The van der Waals surface area contributed by atoms with Crippen molar-refractivity contribution in [2.75, 3.05) is 6.61 Å². The van der Waals surface area contributed by atoms with Crippen molar-refractivity contribution in [1.29, 1.82) is 0 Å². The number of H-pyrrole nitrogens is 1. The number of hydrogen-bond acceptors (Lipinski definition) is 3. The predicted molar refractivity (Wildman–Crippen MR) is 59.2 cm³/mol. The van der Waals surface area contributed by atoms with Crippen molar-refractivity contribution in [3.63, 3.8) is 0 Å². The summed E-state index contributed by atoms with van der Waals surface area (Å²) in [7, 11) is 0. The molecule has 94 valence electrons. The molecule has 0 radical (unpaired) electrons. The highest BCUT2D eigenvalue weighted by atomic mass is 19.1. The van der Waals surface area contributed by atoms with Crippen LogP contribution in [-0.2, 0) is 9.53 Å². The fourth-order valence-corrected chi connectivity index (χ4v) is 1.64. The van der Waals surface area contributed by atoms with Gasteiger partial charge in [0.2, 0.25) is 0 Å². The molecule has 4 nitrogen and oxygen atoms in total. The maximum Gasteiger partial charge on any atom is 0.379 e. The van der Waals surface area contributed by atoms with Crippen LogP contribution in [0.3, 0.4) is 0 Å². The van der Waals surface area contributed by atoms with Crippen LogP contribution in [0.2, 0.25) is 0 Å². The summed E-state index contributed by atoms with van der Waals surface area (Å²) in [5, 5.41) is 0.283. The number of Topliss-reactive ketones (excluding diaryl/α,β-unsaturated/α-hetero) is 1. The Labute approximate surface area is 101 Å². The molecule has 0 amide bonds. The molecule has 0 saturated heterocycles. The monoisotopic (exact) mass is 253 g/mol. The minimum absolute atomic E-state index is 0.0240. The number of carbonyl (C=O) groups excluding carboxylic acids is 2. The van der Waals surface area contributed by atoms with Gasteiger partial charge >= 0.3 is 5.97 Å². The van der Waals surface area contributed by atoms with Gasteiger partial charge < -0.3 is 9.72 Å². The lowest BCUT2D eigenvalue weighted by Crippen LogP contribution is -2.20. The van der Waals surface area contributed by atoms with Crippen LogP contribution in [0.1, 0.15) is 17.3 Å². The molecule has 0 fully saturated rings. The van der Waals surface area contributed by atoms with Gasteiger partial charge in [-0.25, -0.2) is 13.6 Å². The molecule has 2 rings (SSSR count). The summed E-state index contributed by atoms with van der Waals surface area (Å²) in [4.78, 5) is 25.3. The Morgan fingerprint density at radius 3 is 2.78 bits per heavy atom. The van der Waals surface area contributed by atoms with Crippen molar-refractivity contribution < 1.29 is 23.1 Å². The van der Waals surface area contributed by atoms with Gasteiger partial charge in [-0.1, -0.05) is 0 Å². The SMILES string of the molecule is CCOC(=O)C(=O)c1c(F)cc2cc[nH]c2c1F. The number of benzene rings is 1. The average molecular weight is 253 g/mol. The van der Waals surface area contributed by atoms with Gasteiger partial charge in [0.15, 0.2) is 5.82 Å². The number of ketones is 1. The lowest BCUT2D eigenvalue weighted by molar-refractivity contribution is -0.137. The summed E-state index contributed by atoms with van der Waals surface area (Å²) in [6.07, 6.45) is 1.41. The van der Waals surface area contributed by atoms with Crippen LogP contribution in [0.5, 0.6) is 0 Å². The Hall–Kier alpha value is -2.24. The summed E-state index contributed by atoms with van der Waals surface area (Å²) in [6.45, 7) is 1.45. The van der Waals surface area contributed by atoms with E-state index in [4.69, 9.17) is 0 Å². The van der Waals surface area contributed by atoms with Crippen LogP contribution >= 0.6 is 0 Å². The lowest BCUT2D eigenvalue weighted by atomic mass is 10.1. The topological polar surface area (TPSA) is 59.2 Å². The third-order valence-corrected chi connectivity index (χ3v) is 2.43. The first-order valence-corrected chi connectivity index (χ1v) is 5.22. The smallest absolute Gasteiger partial charge is 0.379 e. The third-order valence-electron chi connectivity index (χ3n) is 2.43. The second-order valence-electron chi connectivity index (χ2n) is 3.54. The number of halogens is 2. The van der Waals surface area contributed by atoms with E-state index in [-0.39, 0.29) is 17.5 Å². The summed E-state index contributed by atoms with van der Waals surface area (Å²) in [5.41, 5.74) is -0.924. The van der Waals surface area contributed by atoms with E-state index in [1.807, 2.05) is 0 Å². The number of ether oxygens (including phenoxy) is 1. The standard InChI is InChI=1S/C12H9F2NO3/c1-2-18-12(17)11(16)8-7(13)5-6-3-4-15-10(6)9(8)14/h3-5,15H,2H2,1H3. The molecule has 1 heterocycles. The largest absolute Gasteiger partial charge is 0.460 e. The van der Waals surface area contributed by atoms with Gasteiger partial charge in [0.25, 0.3) is 5.78 Å². The van der Waals surface area contributed by atoms with Crippen LogP contribution in [0.15, 0.2) is 18.3 Å². The van der Waals surface area contributed by atoms with Crippen LogP contribution in [0.25, 0.3) is 10.9 Å². The van der Waals surface area contributed by atoms with E-state index in [2.05, 4.69) is 9.72 Å². The molecule has 0 saturated carbocycles. The number of rotatable bonds is 3. The molecule has 0 bridgehead atoms. The van der Waals surface area contributed by atoms with Gasteiger partial charge in [0.1, 0.15) is 11.4 Å². The van der Waals surface area contributed by atoms with Crippen LogP contribution < -0.4 is 0 Å². The molecule has 6 heteroatoms. The number of fused-ring (bicyclic) bond motifs is 1. The highest BCUT2D eigenvalue weighted by Gasteiger charge is 2.27. The molecule has 0 atom stereocenters. The highest BCUT2D eigenvalue weighted by Crippen LogP contribution is 2.23. The van der Waals surface area contributed by atoms with Gasteiger partial charge in [-0.3, -0.25) is 4.79 Å². The molecule has 0 aliphatic rings. The number of hydrogen-bond donors (Lipinski definition) is 1.